The lowest BCUT2D eigenvalue weighted by atomic mass is 9.97. The third kappa shape index (κ3) is 2.93. The van der Waals surface area contributed by atoms with E-state index in [0.29, 0.717) is 16.8 Å². The third-order valence-electron chi connectivity index (χ3n) is 4.85. The van der Waals surface area contributed by atoms with Crippen molar-refractivity contribution in [3.8, 4) is 11.1 Å². The average molecular weight is 393 g/mol. The molecule has 0 saturated carbocycles. The molecule has 0 aliphatic carbocycles. The molecule has 2 heterocycles. The highest BCUT2D eigenvalue weighted by atomic mass is 32.2. The highest BCUT2D eigenvalue weighted by Gasteiger charge is 2.17. The van der Waals surface area contributed by atoms with Crippen LogP contribution in [-0.2, 0) is 9.84 Å². The summed E-state index contributed by atoms with van der Waals surface area (Å²) in [5, 5.41) is 1.78. The number of aryl methyl sites for hydroxylation is 1. The van der Waals surface area contributed by atoms with Crippen molar-refractivity contribution >= 4 is 37.7 Å². The minimum Gasteiger partial charge on any atom is -0.366 e. The number of benzene rings is 2. The molecule has 2 aromatic heterocycles. The van der Waals surface area contributed by atoms with Crippen molar-refractivity contribution in [2.24, 2.45) is 5.73 Å². The zero-order valence-electron chi connectivity index (χ0n) is 15.5. The van der Waals surface area contributed by atoms with E-state index in [-0.39, 0.29) is 10.6 Å². The Balaban J connectivity index is 2.10. The van der Waals surface area contributed by atoms with Crippen molar-refractivity contribution < 1.29 is 13.2 Å². The average Bonchev–Trinajstić information content (AvgIpc) is 3.05. The van der Waals surface area contributed by atoms with Crippen molar-refractivity contribution in [1.82, 2.24) is 9.97 Å². The van der Waals surface area contributed by atoms with Crippen LogP contribution in [0.2, 0.25) is 0 Å². The summed E-state index contributed by atoms with van der Waals surface area (Å²) in [6.07, 6.45) is 1.76. The molecule has 0 aliphatic rings. The summed E-state index contributed by atoms with van der Waals surface area (Å²) < 4.78 is 24.7. The summed E-state index contributed by atoms with van der Waals surface area (Å²) in [6.45, 7) is 3.57. The van der Waals surface area contributed by atoms with Gasteiger partial charge in [-0.2, -0.15) is 0 Å². The molecule has 3 N–H and O–H groups in total. The fourth-order valence-corrected chi connectivity index (χ4v) is 4.34. The Morgan fingerprint density at radius 1 is 1.18 bits per heavy atom. The second-order valence-corrected chi connectivity index (χ2v) is 9.05. The second kappa shape index (κ2) is 6.45. The smallest absolute Gasteiger partial charge is 0.248 e. The Morgan fingerprint density at radius 2 is 1.96 bits per heavy atom. The van der Waals surface area contributed by atoms with Gasteiger partial charge in [-0.3, -0.25) is 4.79 Å². The van der Waals surface area contributed by atoms with Gasteiger partial charge >= 0.3 is 0 Å². The van der Waals surface area contributed by atoms with Crippen molar-refractivity contribution in [2.45, 2.75) is 18.7 Å². The molecule has 2 aromatic carbocycles. The van der Waals surface area contributed by atoms with E-state index in [1.807, 2.05) is 19.1 Å². The van der Waals surface area contributed by atoms with Crippen LogP contribution in [0.4, 0.5) is 0 Å². The fraction of sp³-hybridized carbons (Fsp3) is 0.143. The predicted octanol–water partition coefficient (Wildman–Crippen LogP) is 3.58. The summed E-state index contributed by atoms with van der Waals surface area (Å²) in [5.41, 5.74) is 9.72. The van der Waals surface area contributed by atoms with Gasteiger partial charge in [-0.05, 0) is 53.9 Å². The number of hydrogen-bond donors (Lipinski definition) is 2. The Kier molecular flexibility index (Phi) is 4.19. The molecule has 0 radical (unpaired) electrons. The Hall–Kier alpha value is -3.19. The number of rotatable bonds is 4. The molecule has 142 valence electrons. The summed E-state index contributed by atoms with van der Waals surface area (Å²) in [5.74, 6) is -0.535. The zero-order chi connectivity index (χ0) is 20.1. The number of pyridine rings is 1. The van der Waals surface area contributed by atoms with Crippen LogP contribution in [0.1, 0.15) is 22.8 Å². The molecular weight excluding hydrogens is 374 g/mol. The zero-order valence-corrected chi connectivity index (χ0v) is 16.3. The quantitative estimate of drug-likeness (QED) is 0.553. The molecule has 0 unspecified atom stereocenters. The number of carbonyl (C=O) groups excluding carboxylic acids is 1. The topological polar surface area (TPSA) is 106 Å². The van der Waals surface area contributed by atoms with Gasteiger partial charge < -0.3 is 10.7 Å². The molecular formula is C21H19N3O3S. The third-order valence-corrected chi connectivity index (χ3v) is 6.59. The van der Waals surface area contributed by atoms with Gasteiger partial charge in [0.1, 0.15) is 5.65 Å². The number of sulfone groups is 1. The van der Waals surface area contributed by atoms with Gasteiger partial charge in [0, 0.05) is 28.0 Å². The maximum atomic E-state index is 12.3. The molecule has 6 nitrogen and oxygen atoms in total. The lowest BCUT2D eigenvalue weighted by Crippen LogP contribution is -2.11. The number of carbonyl (C=O) groups is 1. The van der Waals surface area contributed by atoms with E-state index in [1.165, 1.54) is 0 Å². The number of fused-ring (bicyclic) bond motifs is 3. The monoisotopic (exact) mass is 393 g/mol. The molecule has 4 rings (SSSR count). The van der Waals surface area contributed by atoms with Gasteiger partial charge in [0.25, 0.3) is 0 Å². The lowest BCUT2D eigenvalue weighted by Gasteiger charge is -2.09. The molecule has 0 fully saturated rings. The van der Waals surface area contributed by atoms with Gasteiger partial charge in [0.15, 0.2) is 9.84 Å². The molecule has 0 atom stereocenters. The highest BCUT2D eigenvalue weighted by Crippen LogP contribution is 2.36. The van der Waals surface area contributed by atoms with Gasteiger partial charge in [-0.25, -0.2) is 13.4 Å². The molecule has 0 saturated heterocycles. The first-order valence-electron chi connectivity index (χ1n) is 8.85. The van der Waals surface area contributed by atoms with Crippen molar-refractivity contribution in [3.63, 3.8) is 0 Å². The van der Waals surface area contributed by atoms with Crippen LogP contribution in [0.5, 0.6) is 0 Å². The van der Waals surface area contributed by atoms with Crippen LogP contribution in [0.15, 0.2) is 53.6 Å². The number of aromatic nitrogens is 2. The highest BCUT2D eigenvalue weighted by molar-refractivity contribution is 7.91. The van der Waals surface area contributed by atoms with E-state index < -0.39 is 15.7 Å². The first-order valence-corrected chi connectivity index (χ1v) is 10.5. The first-order chi connectivity index (χ1) is 13.3. The van der Waals surface area contributed by atoms with Crippen LogP contribution in [0.25, 0.3) is 33.1 Å². The molecule has 0 aliphatic heterocycles. The number of amides is 1. The van der Waals surface area contributed by atoms with E-state index in [2.05, 4.69) is 9.97 Å². The Morgan fingerprint density at radius 3 is 2.68 bits per heavy atom. The van der Waals surface area contributed by atoms with E-state index in [9.17, 15) is 13.2 Å². The van der Waals surface area contributed by atoms with Gasteiger partial charge in [-0.15, -0.1) is 0 Å². The summed E-state index contributed by atoms with van der Waals surface area (Å²) in [7, 11) is -3.36. The normalized spacial score (nSPS) is 11.9. The maximum absolute atomic E-state index is 12.3. The van der Waals surface area contributed by atoms with Crippen molar-refractivity contribution in [2.75, 3.05) is 5.75 Å². The minimum absolute atomic E-state index is 0.0173. The fourth-order valence-electron chi connectivity index (χ4n) is 3.41. The molecule has 0 spiro atoms. The van der Waals surface area contributed by atoms with E-state index in [4.69, 9.17) is 5.73 Å². The van der Waals surface area contributed by atoms with Crippen molar-refractivity contribution in [3.05, 3.63) is 59.8 Å². The predicted molar refractivity (Wildman–Crippen MR) is 110 cm³/mol. The van der Waals surface area contributed by atoms with Crippen LogP contribution in [0.3, 0.4) is 0 Å². The van der Waals surface area contributed by atoms with Gasteiger partial charge in [0.05, 0.1) is 10.6 Å². The number of nitrogens with two attached hydrogens (primary N) is 1. The maximum Gasteiger partial charge on any atom is 0.248 e. The molecule has 4 aromatic rings. The summed E-state index contributed by atoms with van der Waals surface area (Å²) >= 11 is 0. The number of aromatic amines is 1. The number of nitrogens with one attached hydrogen (secondary N) is 1. The molecule has 28 heavy (non-hydrogen) atoms. The van der Waals surface area contributed by atoms with Crippen LogP contribution >= 0.6 is 0 Å². The largest absolute Gasteiger partial charge is 0.366 e. The summed E-state index contributed by atoms with van der Waals surface area (Å²) in [4.78, 5) is 19.8. The van der Waals surface area contributed by atoms with Gasteiger partial charge in [-0.1, -0.05) is 19.1 Å². The van der Waals surface area contributed by atoms with Crippen LogP contribution in [0, 0.1) is 6.92 Å². The van der Waals surface area contributed by atoms with E-state index in [0.717, 1.165) is 27.4 Å². The second-order valence-electron chi connectivity index (χ2n) is 6.78. The van der Waals surface area contributed by atoms with Crippen LogP contribution < -0.4 is 5.73 Å². The van der Waals surface area contributed by atoms with Gasteiger partial charge in [0.2, 0.25) is 5.91 Å². The van der Waals surface area contributed by atoms with Crippen molar-refractivity contribution in [1.29, 1.82) is 0 Å². The number of nitrogens with zero attached hydrogens (tertiary/aromatic N) is 1. The molecule has 1 amide bonds. The molecule has 7 heteroatoms. The van der Waals surface area contributed by atoms with E-state index in [1.54, 1.807) is 43.5 Å². The number of hydrogen-bond acceptors (Lipinski definition) is 4. The van der Waals surface area contributed by atoms with Crippen LogP contribution in [-0.4, -0.2) is 30.0 Å². The standard InChI is InChI=1S/C21H19N3O3S/c1-3-28(26,27)15-6-4-5-13(8-15)16-9-14(20(22)25)10-18-19(16)17-7-12(2)11-23-21(17)24-18/h4-11H,3H2,1-2H3,(H2,22,25)(H,23,24). The first kappa shape index (κ1) is 18.2. The minimum atomic E-state index is -3.36. The Bertz CT molecular complexity index is 1350. The number of primary amides is 1. The van der Waals surface area contributed by atoms with E-state index >= 15 is 0 Å². The Labute approximate surface area is 162 Å². The number of H-pyrrole nitrogens is 1. The summed E-state index contributed by atoms with van der Waals surface area (Å²) in [6, 6.07) is 12.2. The SMILES string of the molecule is CCS(=O)(=O)c1cccc(-c2cc(C(N)=O)cc3[nH]c4ncc(C)cc4c23)c1. The molecule has 0 bridgehead atoms. The lowest BCUT2D eigenvalue weighted by molar-refractivity contribution is 0.100.